The second-order valence-corrected chi connectivity index (χ2v) is 6.69. The molecule has 0 atom stereocenters. The van der Waals surface area contributed by atoms with Gasteiger partial charge in [-0.1, -0.05) is 60.7 Å². The molecule has 2 aromatic rings. The summed E-state index contributed by atoms with van der Waals surface area (Å²) in [6, 6.07) is 14.7. The van der Waals surface area contributed by atoms with Crippen LogP contribution >= 0.6 is 0 Å². The van der Waals surface area contributed by atoms with Gasteiger partial charge in [-0.15, -0.1) is 0 Å². The lowest BCUT2D eigenvalue weighted by Crippen LogP contribution is -2.04. The Hall–Kier alpha value is -3.00. The number of fused-ring (bicyclic) bond motifs is 1. The van der Waals surface area contributed by atoms with E-state index >= 15 is 0 Å². The quantitative estimate of drug-likeness (QED) is 0.446. The van der Waals surface area contributed by atoms with Gasteiger partial charge in [0.15, 0.2) is 5.84 Å². The van der Waals surface area contributed by atoms with E-state index in [1.165, 1.54) is 21.9 Å². The summed E-state index contributed by atoms with van der Waals surface area (Å²) in [5, 5.41) is 2.43. The molecule has 0 saturated heterocycles. The van der Waals surface area contributed by atoms with Crippen LogP contribution in [0, 0.1) is 0 Å². The number of hydrogen-bond donors (Lipinski definition) is 0. The fraction of sp³-hybridized carbons (Fsp3) is 0.200. The first kappa shape index (κ1) is 18.8. The van der Waals surface area contributed by atoms with E-state index in [9.17, 15) is 0 Å². The summed E-state index contributed by atoms with van der Waals surface area (Å²) < 4.78 is 0. The van der Waals surface area contributed by atoms with Crippen LogP contribution in [0.5, 0.6) is 0 Å². The molecule has 0 fully saturated rings. The molecule has 0 bridgehead atoms. The van der Waals surface area contributed by atoms with Gasteiger partial charge in [0.25, 0.3) is 0 Å². The normalized spacial score (nSPS) is 16.2. The molecule has 0 radical (unpaired) electrons. The molecule has 136 valence electrons. The highest BCUT2D eigenvalue weighted by atomic mass is 14.9. The van der Waals surface area contributed by atoms with Crippen LogP contribution in [-0.4, -0.2) is 18.6 Å². The van der Waals surface area contributed by atoms with Crippen LogP contribution in [0.15, 0.2) is 99.5 Å². The van der Waals surface area contributed by atoms with E-state index in [0.717, 1.165) is 29.1 Å². The zero-order valence-electron chi connectivity index (χ0n) is 16.5. The zero-order chi connectivity index (χ0) is 19.2. The molecule has 2 nitrogen and oxygen atoms in total. The number of amidine groups is 1. The average Bonchev–Trinajstić information content (AvgIpc) is 2.87. The third kappa shape index (κ3) is 4.40. The van der Waals surface area contributed by atoms with Gasteiger partial charge in [0.2, 0.25) is 0 Å². The molecule has 0 aliphatic heterocycles. The first-order chi connectivity index (χ1) is 13.1. The van der Waals surface area contributed by atoms with Gasteiger partial charge in [0.1, 0.15) is 0 Å². The fourth-order valence-corrected chi connectivity index (χ4v) is 3.23. The van der Waals surface area contributed by atoms with E-state index in [2.05, 4.69) is 91.7 Å². The molecule has 0 N–H and O–H groups in total. The molecule has 0 amide bonds. The minimum absolute atomic E-state index is 0.758. The van der Waals surface area contributed by atoms with Gasteiger partial charge in [0, 0.05) is 18.3 Å². The third-order valence-corrected chi connectivity index (χ3v) is 4.79. The number of allylic oxidation sites excluding steroid dienone is 8. The van der Waals surface area contributed by atoms with Crippen molar-refractivity contribution in [3.63, 3.8) is 0 Å². The van der Waals surface area contributed by atoms with E-state index < -0.39 is 0 Å². The molecule has 0 heterocycles. The van der Waals surface area contributed by atoms with Crippen LogP contribution in [0.1, 0.15) is 32.8 Å². The second kappa shape index (κ2) is 8.59. The molecular weight excluding hydrogens is 328 g/mol. The monoisotopic (exact) mass is 354 g/mol. The highest BCUT2D eigenvalue weighted by molar-refractivity contribution is 6.13. The van der Waals surface area contributed by atoms with Crippen molar-refractivity contribution in [2.75, 3.05) is 7.05 Å². The number of nitrogens with zero attached hydrogens (tertiary/aromatic N) is 2. The van der Waals surface area contributed by atoms with E-state index in [1.54, 1.807) is 7.05 Å². The van der Waals surface area contributed by atoms with Crippen LogP contribution in [0.2, 0.25) is 0 Å². The van der Waals surface area contributed by atoms with Crippen LogP contribution in [0.25, 0.3) is 10.8 Å². The summed E-state index contributed by atoms with van der Waals surface area (Å²) in [6.45, 7) is 6.26. The number of hydrogen-bond acceptors (Lipinski definition) is 1. The minimum Gasteiger partial charge on any atom is -0.270 e. The van der Waals surface area contributed by atoms with Gasteiger partial charge in [0.05, 0.1) is 0 Å². The summed E-state index contributed by atoms with van der Waals surface area (Å²) >= 11 is 0. The molecule has 0 saturated carbocycles. The largest absolute Gasteiger partial charge is 0.270 e. The van der Waals surface area contributed by atoms with Crippen molar-refractivity contribution in [3.05, 3.63) is 95.1 Å². The third-order valence-electron chi connectivity index (χ3n) is 4.79. The average molecular weight is 354 g/mol. The topological polar surface area (TPSA) is 24.7 Å². The molecule has 3 rings (SSSR count). The van der Waals surface area contributed by atoms with Crippen molar-refractivity contribution in [1.82, 2.24) is 0 Å². The van der Waals surface area contributed by atoms with Crippen LogP contribution in [-0.2, 0) is 0 Å². The number of rotatable bonds is 3. The van der Waals surface area contributed by atoms with E-state index in [0.29, 0.717) is 0 Å². The van der Waals surface area contributed by atoms with Gasteiger partial charge in [-0.25, -0.2) is 4.99 Å². The molecular formula is C25H26N2. The van der Waals surface area contributed by atoms with E-state index in [-0.39, 0.29) is 0 Å². The van der Waals surface area contributed by atoms with Crippen LogP contribution in [0.3, 0.4) is 0 Å². The zero-order valence-corrected chi connectivity index (χ0v) is 16.5. The highest BCUT2D eigenvalue weighted by Crippen LogP contribution is 2.21. The molecule has 2 heteroatoms. The van der Waals surface area contributed by atoms with Crippen molar-refractivity contribution < 1.29 is 0 Å². The van der Waals surface area contributed by atoms with Gasteiger partial charge in [-0.3, -0.25) is 4.99 Å². The fourth-order valence-electron chi connectivity index (χ4n) is 3.23. The Morgan fingerprint density at radius 2 is 1.81 bits per heavy atom. The van der Waals surface area contributed by atoms with Crippen LogP contribution in [0.4, 0.5) is 0 Å². The molecule has 1 aliphatic carbocycles. The summed E-state index contributed by atoms with van der Waals surface area (Å²) in [6.07, 6.45) is 11.8. The maximum atomic E-state index is 4.86. The molecule has 0 unspecified atom stereocenters. The van der Waals surface area contributed by atoms with Gasteiger partial charge in [-0.2, -0.15) is 0 Å². The highest BCUT2D eigenvalue weighted by Gasteiger charge is 2.08. The van der Waals surface area contributed by atoms with Gasteiger partial charge in [-0.05, 0) is 66.8 Å². The lowest BCUT2D eigenvalue weighted by molar-refractivity contribution is 1.32. The Kier molecular flexibility index (Phi) is 5.97. The second-order valence-electron chi connectivity index (χ2n) is 6.69. The lowest BCUT2D eigenvalue weighted by Gasteiger charge is -2.07. The standard InChI is InChI=1S/C25H26N2/c1-5-9-21-16-22(13-8-10-18(21)2)19(3)27-25(26-4)24-15-14-20-11-6-7-12-23(20)17-24/h5-7,9-17H,8H2,1-4H3/b9-5-,26-25?,27-19?. The van der Waals surface area contributed by atoms with Crippen molar-refractivity contribution >= 4 is 22.3 Å². The summed E-state index contributed by atoms with van der Waals surface area (Å²) in [5.74, 6) is 0.758. The van der Waals surface area contributed by atoms with Crippen molar-refractivity contribution in [2.45, 2.75) is 27.2 Å². The predicted molar refractivity (Wildman–Crippen MR) is 119 cm³/mol. The Labute approximate surface area is 162 Å². The maximum absolute atomic E-state index is 4.86. The maximum Gasteiger partial charge on any atom is 0.154 e. The SMILES string of the molecule is C/C=C\C1=CC(C(C)=NC(=NC)c2ccc3ccccc3c2)=CCC=C1C. The number of benzene rings is 2. The van der Waals surface area contributed by atoms with E-state index in [4.69, 9.17) is 4.99 Å². The lowest BCUT2D eigenvalue weighted by atomic mass is 10.0. The van der Waals surface area contributed by atoms with Crippen molar-refractivity contribution in [1.29, 1.82) is 0 Å². The smallest absolute Gasteiger partial charge is 0.154 e. The summed E-state index contributed by atoms with van der Waals surface area (Å²) in [4.78, 5) is 9.31. The summed E-state index contributed by atoms with van der Waals surface area (Å²) in [7, 11) is 1.80. The molecule has 27 heavy (non-hydrogen) atoms. The Balaban J connectivity index is 1.96. The van der Waals surface area contributed by atoms with Crippen molar-refractivity contribution in [3.8, 4) is 0 Å². The first-order valence-corrected chi connectivity index (χ1v) is 9.35. The molecule has 0 spiro atoms. The van der Waals surface area contributed by atoms with E-state index in [1.807, 2.05) is 6.92 Å². The van der Waals surface area contributed by atoms with Crippen molar-refractivity contribution in [2.24, 2.45) is 9.98 Å². The Bertz CT molecular complexity index is 1030. The molecule has 2 aromatic carbocycles. The summed E-state index contributed by atoms with van der Waals surface area (Å²) in [5.41, 5.74) is 5.70. The Morgan fingerprint density at radius 1 is 1.04 bits per heavy atom. The number of aliphatic imine (C=N–C) groups is 2. The Morgan fingerprint density at radius 3 is 2.56 bits per heavy atom. The van der Waals surface area contributed by atoms with Crippen LogP contribution < -0.4 is 0 Å². The predicted octanol–water partition coefficient (Wildman–Crippen LogP) is 6.46. The first-order valence-electron chi connectivity index (χ1n) is 9.35. The van der Waals surface area contributed by atoms with Gasteiger partial charge < -0.3 is 0 Å². The van der Waals surface area contributed by atoms with Gasteiger partial charge >= 0.3 is 0 Å². The molecule has 1 aliphatic rings. The minimum atomic E-state index is 0.758. The molecule has 0 aromatic heterocycles.